The molecule has 0 unspecified atom stereocenters. The SMILES string of the molecule is CS(=O)(=O)NCCNCCO. The maximum atomic E-state index is 10.5. The Hall–Kier alpha value is -0.170. The lowest BCUT2D eigenvalue weighted by Crippen LogP contribution is -2.32. The minimum Gasteiger partial charge on any atom is -0.395 e. The predicted octanol–water partition coefficient (Wildman–Crippen LogP) is -1.88. The second kappa shape index (κ2) is 5.48. The molecular formula is C5H14N2O3S. The molecule has 0 heterocycles. The summed E-state index contributed by atoms with van der Waals surface area (Å²) in [5.74, 6) is 0. The molecule has 0 rings (SSSR count). The summed E-state index contributed by atoms with van der Waals surface area (Å²) in [4.78, 5) is 0. The third-order valence-electron chi connectivity index (χ3n) is 0.955. The van der Waals surface area contributed by atoms with E-state index in [1.807, 2.05) is 0 Å². The maximum absolute atomic E-state index is 10.5. The third kappa shape index (κ3) is 9.83. The number of rotatable bonds is 6. The molecule has 0 radical (unpaired) electrons. The van der Waals surface area contributed by atoms with Crippen molar-refractivity contribution in [3.05, 3.63) is 0 Å². The molecule has 0 aromatic carbocycles. The van der Waals surface area contributed by atoms with Crippen LogP contribution in [-0.4, -0.2) is 46.0 Å². The van der Waals surface area contributed by atoms with Gasteiger partial charge in [-0.3, -0.25) is 0 Å². The number of hydrogen-bond donors (Lipinski definition) is 3. The molecule has 5 nitrogen and oxygen atoms in total. The minimum absolute atomic E-state index is 0.0683. The van der Waals surface area contributed by atoms with E-state index in [9.17, 15) is 8.42 Å². The van der Waals surface area contributed by atoms with E-state index in [2.05, 4.69) is 10.0 Å². The smallest absolute Gasteiger partial charge is 0.208 e. The van der Waals surface area contributed by atoms with Gasteiger partial charge >= 0.3 is 0 Å². The Morgan fingerprint density at radius 1 is 1.27 bits per heavy atom. The molecule has 0 aliphatic rings. The van der Waals surface area contributed by atoms with E-state index < -0.39 is 10.0 Å². The van der Waals surface area contributed by atoms with Gasteiger partial charge in [0.25, 0.3) is 0 Å². The number of aliphatic hydroxyl groups excluding tert-OH is 1. The predicted molar refractivity (Wildman–Crippen MR) is 42.8 cm³/mol. The van der Waals surface area contributed by atoms with Crippen molar-refractivity contribution >= 4 is 10.0 Å². The van der Waals surface area contributed by atoms with Crippen LogP contribution in [0.4, 0.5) is 0 Å². The van der Waals surface area contributed by atoms with Gasteiger partial charge in [0.2, 0.25) is 10.0 Å². The number of aliphatic hydroxyl groups is 1. The molecule has 0 saturated carbocycles. The van der Waals surface area contributed by atoms with Crippen LogP contribution >= 0.6 is 0 Å². The van der Waals surface area contributed by atoms with Crippen LogP contribution in [0.3, 0.4) is 0 Å². The van der Waals surface area contributed by atoms with Gasteiger partial charge in [0.05, 0.1) is 12.9 Å². The fourth-order valence-corrected chi connectivity index (χ4v) is 1.00. The summed E-state index contributed by atoms with van der Waals surface area (Å²) in [6.45, 7) is 1.46. The highest BCUT2D eigenvalue weighted by molar-refractivity contribution is 7.88. The van der Waals surface area contributed by atoms with Crippen LogP contribution in [0.1, 0.15) is 0 Å². The molecule has 3 N–H and O–H groups in total. The van der Waals surface area contributed by atoms with Crippen molar-refractivity contribution in [3.8, 4) is 0 Å². The summed E-state index contributed by atoms with van der Waals surface area (Å²) in [5.41, 5.74) is 0. The van der Waals surface area contributed by atoms with Crippen molar-refractivity contribution in [3.63, 3.8) is 0 Å². The summed E-state index contributed by atoms with van der Waals surface area (Å²) >= 11 is 0. The molecule has 68 valence electrons. The maximum Gasteiger partial charge on any atom is 0.208 e. The van der Waals surface area contributed by atoms with Gasteiger partial charge in [-0.15, -0.1) is 0 Å². The first-order valence-electron chi connectivity index (χ1n) is 3.32. The van der Waals surface area contributed by atoms with Gasteiger partial charge < -0.3 is 10.4 Å². The first kappa shape index (κ1) is 10.8. The van der Waals surface area contributed by atoms with Crippen molar-refractivity contribution in [2.45, 2.75) is 0 Å². The fraction of sp³-hybridized carbons (Fsp3) is 1.00. The van der Waals surface area contributed by atoms with Gasteiger partial charge in [-0.25, -0.2) is 13.1 Å². The number of sulfonamides is 1. The summed E-state index contributed by atoms with van der Waals surface area (Å²) < 4.78 is 23.3. The zero-order chi connectivity index (χ0) is 8.74. The summed E-state index contributed by atoms with van der Waals surface area (Å²) in [6, 6.07) is 0. The monoisotopic (exact) mass is 182 g/mol. The quantitative estimate of drug-likeness (QED) is 0.420. The first-order chi connectivity index (χ1) is 5.06. The Labute approximate surface area is 66.9 Å². The second-order valence-corrected chi connectivity index (χ2v) is 3.97. The molecule has 0 amide bonds. The largest absolute Gasteiger partial charge is 0.395 e. The molecule has 0 aromatic rings. The van der Waals surface area contributed by atoms with Gasteiger partial charge in [-0.05, 0) is 0 Å². The Kier molecular flexibility index (Phi) is 5.39. The normalized spacial score (nSPS) is 11.8. The van der Waals surface area contributed by atoms with E-state index in [0.717, 1.165) is 6.26 Å². The van der Waals surface area contributed by atoms with Crippen LogP contribution in [-0.2, 0) is 10.0 Å². The molecule has 0 saturated heterocycles. The van der Waals surface area contributed by atoms with Gasteiger partial charge in [0.15, 0.2) is 0 Å². The van der Waals surface area contributed by atoms with Crippen LogP contribution in [0.5, 0.6) is 0 Å². The minimum atomic E-state index is -3.06. The lowest BCUT2D eigenvalue weighted by molar-refractivity contribution is 0.293. The average Bonchev–Trinajstić information content (AvgIpc) is 1.85. The summed E-state index contributed by atoms with van der Waals surface area (Å²) in [7, 11) is -3.06. The molecule has 11 heavy (non-hydrogen) atoms. The second-order valence-electron chi connectivity index (χ2n) is 2.14. The van der Waals surface area contributed by atoms with E-state index >= 15 is 0 Å². The van der Waals surface area contributed by atoms with Crippen LogP contribution in [0.15, 0.2) is 0 Å². The van der Waals surface area contributed by atoms with E-state index in [0.29, 0.717) is 19.6 Å². The highest BCUT2D eigenvalue weighted by Gasteiger charge is 1.96. The van der Waals surface area contributed by atoms with E-state index in [1.165, 1.54) is 0 Å². The summed E-state index contributed by atoms with van der Waals surface area (Å²) in [6.07, 6.45) is 1.11. The molecule has 6 heteroatoms. The third-order valence-corrected chi connectivity index (χ3v) is 1.68. The van der Waals surface area contributed by atoms with Crippen LogP contribution in [0, 0.1) is 0 Å². The molecule has 0 aliphatic heterocycles. The fourth-order valence-electron chi connectivity index (χ4n) is 0.529. The Balaban J connectivity index is 3.16. The Bertz CT molecular complexity index is 178. The summed E-state index contributed by atoms with van der Waals surface area (Å²) in [5, 5.41) is 11.2. The van der Waals surface area contributed by atoms with Gasteiger partial charge in [0, 0.05) is 19.6 Å². The average molecular weight is 182 g/mol. The Morgan fingerprint density at radius 2 is 1.91 bits per heavy atom. The first-order valence-corrected chi connectivity index (χ1v) is 5.21. The highest BCUT2D eigenvalue weighted by atomic mass is 32.2. The van der Waals surface area contributed by atoms with E-state index in [-0.39, 0.29) is 6.61 Å². The van der Waals surface area contributed by atoms with Crippen molar-refractivity contribution in [1.82, 2.24) is 10.0 Å². The zero-order valence-electron chi connectivity index (χ0n) is 6.50. The van der Waals surface area contributed by atoms with Crippen molar-refractivity contribution in [2.24, 2.45) is 0 Å². The molecule has 0 bridgehead atoms. The van der Waals surface area contributed by atoms with Crippen LogP contribution in [0.25, 0.3) is 0 Å². The van der Waals surface area contributed by atoms with E-state index in [1.54, 1.807) is 0 Å². The van der Waals surface area contributed by atoms with Gasteiger partial charge in [-0.2, -0.15) is 0 Å². The highest BCUT2D eigenvalue weighted by Crippen LogP contribution is 1.70. The van der Waals surface area contributed by atoms with Crippen LogP contribution < -0.4 is 10.0 Å². The Morgan fingerprint density at radius 3 is 2.36 bits per heavy atom. The van der Waals surface area contributed by atoms with Crippen LogP contribution in [0.2, 0.25) is 0 Å². The van der Waals surface area contributed by atoms with Crippen molar-refractivity contribution in [1.29, 1.82) is 0 Å². The number of hydrogen-bond acceptors (Lipinski definition) is 4. The van der Waals surface area contributed by atoms with Crippen molar-refractivity contribution < 1.29 is 13.5 Å². The molecule has 0 fully saturated rings. The lowest BCUT2D eigenvalue weighted by Gasteiger charge is -2.02. The van der Waals surface area contributed by atoms with E-state index in [4.69, 9.17) is 5.11 Å². The molecule has 0 aliphatic carbocycles. The topological polar surface area (TPSA) is 78.4 Å². The zero-order valence-corrected chi connectivity index (χ0v) is 7.32. The number of nitrogens with one attached hydrogen (secondary N) is 2. The molecule has 0 aromatic heterocycles. The standard InChI is InChI=1S/C5H14N2O3S/c1-11(9,10)7-3-2-6-4-5-8/h6-8H,2-5H2,1H3. The molecule has 0 atom stereocenters. The van der Waals surface area contributed by atoms with Crippen molar-refractivity contribution in [2.75, 3.05) is 32.5 Å². The molecule has 0 spiro atoms. The van der Waals surface area contributed by atoms with Gasteiger partial charge in [-0.1, -0.05) is 0 Å². The van der Waals surface area contributed by atoms with Gasteiger partial charge in [0.1, 0.15) is 0 Å². The molecular weight excluding hydrogens is 168 g/mol. The lowest BCUT2D eigenvalue weighted by atomic mass is 10.6.